The molecule has 1 rings (SSSR count). The second-order valence-electron chi connectivity index (χ2n) is 6.31. The Balaban J connectivity index is 2.73. The molecule has 1 heterocycles. The lowest BCUT2D eigenvalue weighted by molar-refractivity contribution is -0.134. The van der Waals surface area contributed by atoms with Crippen molar-refractivity contribution in [3.63, 3.8) is 0 Å². The zero-order chi connectivity index (χ0) is 16.0. The second-order valence-corrected chi connectivity index (χ2v) is 6.31. The molecule has 5 heteroatoms. The topological polar surface area (TPSA) is 62.7 Å². The van der Waals surface area contributed by atoms with Crippen LogP contribution in [0, 0.1) is 12.8 Å². The number of carbonyl (C=O) groups excluding carboxylic acids is 1. The van der Waals surface area contributed by atoms with Crippen molar-refractivity contribution < 1.29 is 9.21 Å². The third-order valence-electron chi connectivity index (χ3n) is 3.31. The molecule has 120 valence electrons. The molecule has 1 atom stereocenters. The highest BCUT2D eigenvalue weighted by Gasteiger charge is 2.22. The van der Waals surface area contributed by atoms with Crippen LogP contribution in [0.2, 0.25) is 0 Å². The predicted octanol–water partition coefficient (Wildman–Crippen LogP) is 1.85. The number of likely N-dealkylation sites (N-methyl/N-ethyl adjacent to an activating group) is 1. The van der Waals surface area contributed by atoms with Crippen molar-refractivity contribution >= 4 is 5.91 Å². The van der Waals surface area contributed by atoms with Crippen LogP contribution in [0.25, 0.3) is 0 Å². The number of nitrogens with zero attached hydrogens (tertiary/aromatic N) is 2. The van der Waals surface area contributed by atoms with E-state index >= 15 is 0 Å². The third-order valence-corrected chi connectivity index (χ3v) is 3.31. The van der Waals surface area contributed by atoms with Gasteiger partial charge in [-0.05, 0) is 45.5 Å². The van der Waals surface area contributed by atoms with Crippen LogP contribution in [-0.2, 0) is 11.3 Å². The molecule has 0 aliphatic rings. The molecule has 0 bridgehead atoms. The summed E-state index contributed by atoms with van der Waals surface area (Å²) in [5.41, 5.74) is 6.05. The number of furan rings is 1. The minimum atomic E-state index is -0.441. The fourth-order valence-electron chi connectivity index (χ4n) is 2.19. The van der Waals surface area contributed by atoms with Gasteiger partial charge in [0.1, 0.15) is 11.5 Å². The lowest BCUT2D eigenvalue weighted by Crippen LogP contribution is -2.46. The van der Waals surface area contributed by atoms with Gasteiger partial charge in [0.2, 0.25) is 5.91 Å². The first-order chi connectivity index (χ1) is 9.79. The highest BCUT2D eigenvalue weighted by atomic mass is 16.3. The fraction of sp³-hybridized carbons (Fsp3) is 0.688. The van der Waals surface area contributed by atoms with Crippen LogP contribution in [0.3, 0.4) is 0 Å². The van der Waals surface area contributed by atoms with Crippen LogP contribution in [-0.4, -0.2) is 48.9 Å². The van der Waals surface area contributed by atoms with E-state index in [-0.39, 0.29) is 5.91 Å². The third kappa shape index (κ3) is 6.31. The van der Waals surface area contributed by atoms with Gasteiger partial charge in [0.25, 0.3) is 0 Å². The van der Waals surface area contributed by atoms with Gasteiger partial charge in [-0.2, -0.15) is 0 Å². The van der Waals surface area contributed by atoms with Crippen LogP contribution >= 0.6 is 0 Å². The number of amides is 1. The SMILES string of the molecule is Cc1ccc(CN(CCN(C)C)C(=O)[C@H](N)CC(C)C)o1. The fourth-order valence-corrected chi connectivity index (χ4v) is 2.19. The summed E-state index contributed by atoms with van der Waals surface area (Å²) in [6.07, 6.45) is 0.703. The average Bonchev–Trinajstić information content (AvgIpc) is 2.78. The first-order valence-electron chi connectivity index (χ1n) is 7.54. The maximum absolute atomic E-state index is 12.5. The zero-order valence-corrected chi connectivity index (χ0v) is 13.9. The van der Waals surface area contributed by atoms with Gasteiger partial charge < -0.3 is 20.0 Å². The zero-order valence-electron chi connectivity index (χ0n) is 13.9. The van der Waals surface area contributed by atoms with Crippen LogP contribution in [0.5, 0.6) is 0 Å². The van der Waals surface area contributed by atoms with Gasteiger partial charge in [0.05, 0.1) is 12.6 Å². The van der Waals surface area contributed by atoms with E-state index in [1.165, 1.54) is 0 Å². The van der Waals surface area contributed by atoms with E-state index in [0.717, 1.165) is 18.1 Å². The first-order valence-corrected chi connectivity index (χ1v) is 7.54. The summed E-state index contributed by atoms with van der Waals surface area (Å²) in [5.74, 6) is 2.07. The van der Waals surface area contributed by atoms with E-state index in [2.05, 4.69) is 18.7 Å². The molecule has 0 unspecified atom stereocenters. The Labute approximate surface area is 128 Å². The van der Waals surface area contributed by atoms with E-state index in [0.29, 0.717) is 25.4 Å². The standard InChI is InChI=1S/C16H29N3O2/c1-12(2)10-15(17)16(20)19(9-8-18(4)5)11-14-7-6-13(3)21-14/h6-7,12,15H,8-11,17H2,1-5H3/t15-/m1/s1. The molecule has 0 spiro atoms. The highest BCUT2D eigenvalue weighted by Crippen LogP contribution is 2.12. The van der Waals surface area contributed by atoms with Gasteiger partial charge in [0, 0.05) is 13.1 Å². The average molecular weight is 295 g/mol. The van der Waals surface area contributed by atoms with Crippen LogP contribution < -0.4 is 5.73 Å². The van der Waals surface area contributed by atoms with E-state index in [4.69, 9.17) is 10.2 Å². The maximum Gasteiger partial charge on any atom is 0.239 e. The van der Waals surface area contributed by atoms with E-state index in [9.17, 15) is 4.79 Å². The largest absolute Gasteiger partial charge is 0.464 e. The Kier molecular flexibility index (Phi) is 6.92. The molecule has 1 amide bonds. The van der Waals surface area contributed by atoms with Gasteiger partial charge in [-0.3, -0.25) is 4.79 Å². The van der Waals surface area contributed by atoms with Gasteiger partial charge in [-0.15, -0.1) is 0 Å². The Hall–Kier alpha value is -1.33. The van der Waals surface area contributed by atoms with Crippen molar-refractivity contribution in [1.82, 2.24) is 9.80 Å². The van der Waals surface area contributed by atoms with Crippen molar-refractivity contribution in [2.24, 2.45) is 11.7 Å². The van der Waals surface area contributed by atoms with Crippen LogP contribution in [0.15, 0.2) is 16.5 Å². The molecule has 21 heavy (non-hydrogen) atoms. The Morgan fingerprint density at radius 2 is 1.95 bits per heavy atom. The van der Waals surface area contributed by atoms with Crippen molar-refractivity contribution in [3.05, 3.63) is 23.7 Å². The molecule has 0 aromatic carbocycles. The molecule has 0 aliphatic carbocycles. The molecule has 1 aromatic heterocycles. The Bertz CT molecular complexity index is 440. The van der Waals surface area contributed by atoms with Gasteiger partial charge in [-0.25, -0.2) is 0 Å². The van der Waals surface area contributed by atoms with E-state index < -0.39 is 6.04 Å². The molecule has 0 fully saturated rings. The van der Waals surface area contributed by atoms with Crippen LogP contribution in [0.4, 0.5) is 0 Å². The molecule has 1 aromatic rings. The Morgan fingerprint density at radius 3 is 2.43 bits per heavy atom. The normalized spacial score (nSPS) is 13.0. The number of rotatable bonds is 8. The summed E-state index contributed by atoms with van der Waals surface area (Å²) in [5, 5.41) is 0. The van der Waals surface area contributed by atoms with Crippen molar-refractivity contribution in [3.8, 4) is 0 Å². The van der Waals surface area contributed by atoms with Gasteiger partial charge in [-0.1, -0.05) is 13.8 Å². The van der Waals surface area contributed by atoms with Crippen molar-refractivity contribution in [1.29, 1.82) is 0 Å². The number of carbonyl (C=O) groups is 1. The Morgan fingerprint density at radius 1 is 1.29 bits per heavy atom. The molecule has 0 saturated carbocycles. The smallest absolute Gasteiger partial charge is 0.239 e. The quantitative estimate of drug-likeness (QED) is 0.795. The molecule has 0 saturated heterocycles. The summed E-state index contributed by atoms with van der Waals surface area (Å²) in [4.78, 5) is 16.4. The second kappa shape index (κ2) is 8.20. The highest BCUT2D eigenvalue weighted by molar-refractivity contribution is 5.81. The summed E-state index contributed by atoms with van der Waals surface area (Å²) in [7, 11) is 3.99. The van der Waals surface area contributed by atoms with E-state index in [1.807, 2.05) is 33.2 Å². The maximum atomic E-state index is 12.5. The summed E-state index contributed by atoms with van der Waals surface area (Å²) >= 11 is 0. The lowest BCUT2D eigenvalue weighted by atomic mass is 10.0. The molecule has 2 N–H and O–H groups in total. The monoisotopic (exact) mass is 295 g/mol. The lowest BCUT2D eigenvalue weighted by Gasteiger charge is -2.27. The number of hydrogen-bond acceptors (Lipinski definition) is 4. The molecule has 5 nitrogen and oxygen atoms in total. The number of nitrogens with two attached hydrogens (primary N) is 1. The molecular weight excluding hydrogens is 266 g/mol. The van der Waals surface area contributed by atoms with Crippen molar-refractivity contribution in [2.45, 2.75) is 39.8 Å². The molecular formula is C16H29N3O2. The minimum Gasteiger partial charge on any atom is -0.464 e. The van der Waals surface area contributed by atoms with Crippen LogP contribution in [0.1, 0.15) is 31.8 Å². The summed E-state index contributed by atoms with van der Waals surface area (Å²) in [6.45, 7) is 7.99. The summed E-state index contributed by atoms with van der Waals surface area (Å²) in [6, 6.07) is 3.39. The van der Waals surface area contributed by atoms with Crippen molar-refractivity contribution in [2.75, 3.05) is 27.2 Å². The summed E-state index contributed by atoms with van der Waals surface area (Å²) < 4.78 is 5.58. The molecule has 0 radical (unpaired) electrons. The number of hydrogen-bond donors (Lipinski definition) is 1. The van der Waals surface area contributed by atoms with Gasteiger partial charge in [0.15, 0.2) is 0 Å². The van der Waals surface area contributed by atoms with E-state index in [1.54, 1.807) is 4.90 Å². The minimum absolute atomic E-state index is 0.000368. The number of aryl methyl sites for hydroxylation is 1. The van der Waals surface area contributed by atoms with Gasteiger partial charge >= 0.3 is 0 Å². The molecule has 0 aliphatic heterocycles. The predicted molar refractivity (Wildman–Crippen MR) is 84.8 cm³/mol. The first kappa shape index (κ1) is 17.7.